The number of nitrogens with two attached hydrogens (primary N) is 2. The molecule has 58 valence electrons. The third kappa shape index (κ3) is 1.79. The van der Waals surface area contributed by atoms with Crippen LogP contribution in [0.2, 0.25) is 0 Å². The van der Waals surface area contributed by atoms with Gasteiger partial charge >= 0.3 is 0 Å². The number of nitrogen functional groups attached to an aromatic ring is 1. The molecule has 1 heterocycles. The van der Waals surface area contributed by atoms with Gasteiger partial charge in [0.15, 0.2) is 0 Å². The number of halogens is 1. The largest absolute Gasteiger partial charge is 0.383 e. The predicted octanol–water partition coefficient (Wildman–Crippen LogP) is 0.367. The Morgan fingerprint density at radius 1 is 1.64 bits per heavy atom. The van der Waals surface area contributed by atoms with Crippen LogP contribution in [0.1, 0.15) is 10.4 Å². The highest BCUT2D eigenvalue weighted by molar-refractivity contribution is 14.1. The van der Waals surface area contributed by atoms with Crippen molar-refractivity contribution in [2.24, 2.45) is 5.73 Å². The minimum Gasteiger partial charge on any atom is -0.383 e. The molecule has 0 aliphatic carbocycles. The number of hydrogen-bond donors (Lipinski definition) is 2. The second-order valence-electron chi connectivity index (χ2n) is 1.96. The fourth-order valence-electron chi connectivity index (χ4n) is 0.583. The molecule has 0 atom stereocenters. The van der Waals surface area contributed by atoms with Gasteiger partial charge in [0.1, 0.15) is 5.82 Å². The van der Waals surface area contributed by atoms with E-state index in [4.69, 9.17) is 11.5 Å². The topological polar surface area (TPSA) is 82.0 Å². The minimum atomic E-state index is -0.490. The number of amides is 1. The van der Waals surface area contributed by atoms with Crippen LogP contribution in [0.4, 0.5) is 5.82 Å². The smallest absolute Gasteiger partial charge is 0.250 e. The van der Waals surface area contributed by atoms with E-state index in [0.29, 0.717) is 11.4 Å². The van der Waals surface area contributed by atoms with Crippen molar-refractivity contribution >= 4 is 34.3 Å². The van der Waals surface area contributed by atoms with Gasteiger partial charge in [-0.05, 0) is 28.7 Å². The summed E-state index contributed by atoms with van der Waals surface area (Å²) >= 11 is 1.99. The summed E-state index contributed by atoms with van der Waals surface area (Å²) in [5.74, 6) is -0.0778. The standard InChI is InChI=1S/C6H6IN3O/c7-4-1-3(6(9)11)2-10-5(4)8/h1-2H,(H2,8,10)(H2,9,11). The number of carbonyl (C=O) groups excluding carboxylic acids is 1. The predicted molar refractivity (Wildman–Crippen MR) is 49.9 cm³/mol. The van der Waals surface area contributed by atoms with Crippen molar-refractivity contribution in [3.8, 4) is 0 Å². The van der Waals surface area contributed by atoms with Crippen LogP contribution in [0.25, 0.3) is 0 Å². The van der Waals surface area contributed by atoms with Crippen molar-refractivity contribution in [2.45, 2.75) is 0 Å². The lowest BCUT2D eigenvalue weighted by molar-refractivity contribution is 0.1000. The number of rotatable bonds is 1. The zero-order valence-electron chi connectivity index (χ0n) is 5.54. The number of pyridine rings is 1. The molecule has 0 aromatic carbocycles. The number of carbonyl (C=O) groups is 1. The Balaban J connectivity index is 3.15. The van der Waals surface area contributed by atoms with Crippen LogP contribution >= 0.6 is 22.6 Å². The first-order chi connectivity index (χ1) is 5.11. The SMILES string of the molecule is NC(=O)c1cnc(N)c(I)c1. The summed E-state index contributed by atoms with van der Waals surface area (Å²) in [6, 6.07) is 1.60. The fourth-order valence-corrected chi connectivity index (χ4v) is 1.06. The lowest BCUT2D eigenvalue weighted by Crippen LogP contribution is -2.12. The quantitative estimate of drug-likeness (QED) is 0.718. The lowest BCUT2D eigenvalue weighted by Gasteiger charge is -1.97. The Hall–Kier alpha value is -0.850. The van der Waals surface area contributed by atoms with Crippen molar-refractivity contribution in [2.75, 3.05) is 5.73 Å². The fraction of sp³-hybridized carbons (Fsp3) is 0. The van der Waals surface area contributed by atoms with E-state index in [1.54, 1.807) is 6.07 Å². The van der Waals surface area contributed by atoms with Crippen molar-refractivity contribution in [1.82, 2.24) is 4.98 Å². The van der Waals surface area contributed by atoms with E-state index < -0.39 is 5.91 Å². The number of nitrogens with zero attached hydrogens (tertiary/aromatic N) is 1. The Morgan fingerprint density at radius 3 is 2.73 bits per heavy atom. The molecule has 0 bridgehead atoms. The molecular formula is C6H6IN3O. The molecule has 0 fully saturated rings. The molecule has 0 spiro atoms. The van der Waals surface area contributed by atoms with E-state index in [2.05, 4.69) is 4.98 Å². The minimum absolute atomic E-state index is 0.378. The van der Waals surface area contributed by atoms with Crippen molar-refractivity contribution < 1.29 is 4.79 Å². The molecule has 1 amide bonds. The van der Waals surface area contributed by atoms with Crippen LogP contribution in [0.3, 0.4) is 0 Å². The molecule has 1 aromatic rings. The van der Waals surface area contributed by atoms with Crippen molar-refractivity contribution in [1.29, 1.82) is 0 Å². The first kappa shape index (κ1) is 8.25. The summed E-state index contributed by atoms with van der Waals surface area (Å²) in [5.41, 5.74) is 10.8. The Kier molecular flexibility index (Phi) is 2.28. The number of primary amides is 1. The highest BCUT2D eigenvalue weighted by Crippen LogP contribution is 2.12. The van der Waals surface area contributed by atoms with Crippen LogP contribution < -0.4 is 11.5 Å². The molecule has 0 aliphatic rings. The van der Waals surface area contributed by atoms with Crippen LogP contribution in [-0.4, -0.2) is 10.9 Å². The molecule has 1 aromatic heterocycles. The molecule has 0 aliphatic heterocycles. The Bertz CT molecular complexity index is 300. The van der Waals surface area contributed by atoms with E-state index in [0.717, 1.165) is 3.57 Å². The maximum Gasteiger partial charge on any atom is 0.250 e. The molecule has 0 saturated heterocycles. The average molecular weight is 263 g/mol. The first-order valence-corrected chi connectivity index (χ1v) is 3.90. The summed E-state index contributed by atoms with van der Waals surface area (Å²) < 4.78 is 0.735. The van der Waals surface area contributed by atoms with Gasteiger partial charge in [-0.1, -0.05) is 0 Å². The van der Waals surface area contributed by atoms with E-state index in [9.17, 15) is 4.79 Å². The molecule has 4 N–H and O–H groups in total. The number of aromatic nitrogens is 1. The van der Waals surface area contributed by atoms with Gasteiger partial charge in [0.2, 0.25) is 5.91 Å². The third-order valence-electron chi connectivity index (χ3n) is 1.15. The van der Waals surface area contributed by atoms with E-state index >= 15 is 0 Å². The van der Waals surface area contributed by atoms with Gasteiger partial charge in [0.25, 0.3) is 0 Å². The van der Waals surface area contributed by atoms with Gasteiger partial charge in [-0.2, -0.15) is 0 Å². The normalized spacial score (nSPS) is 9.55. The summed E-state index contributed by atoms with van der Waals surface area (Å²) in [7, 11) is 0. The van der Waals surface area contributed by atoms with Crippen LogP contribution in [0, 0.1) is 3.57 Å². The summed E-state index contributed by atoms with van der Waals surface area (Å²) in [6.07, 6.45) is 1.36. The summed E-state index contributed by atoms with van der Waals surface area (Å²) in [6.45, 7) is 0. The molecule has 0 saturated carbocycles. The summed E-state index contributed by atoms with van der Waals surface area (Å²) in [4.78, 5) is 14.4. The van der Waals surface area contributed by atoms with E-state index in [1.165, 1.54) is 6.20 Å². The molecule has 0 radical (unpaired) electrons. The maximum absolute atomic E-state index is 10.6. The van der Waals surface area contributed by atoms with Gasteiger partial charge in [0, 0.05) is 6.20 Å². The van der Waals surface area contributed by atoms with Gasteiger partial charge < -0.3 is 11.5 Å². The van der Waals surface area contributed by atoms with Crippen LogP contribution in [-0.2, 0) is 0 Å². The van der Waals surface area contributed by atoms with Crippen LogP contribution in [0.15, 0.2) is 12.3 Å². The third-order valence-corrected chi connectivity index (χ3v) is 2.02. The molecular weight excluding hydrogens is 257 g/mol. The van der Waals surface area contributed by atoms with Crippen LogP contribution in [0.5, 0.6) is 0 Å². The van der Waals surface area contributed by atoms with E-state index in [1.807, 2.05) is 22.6 Å². The highest BCUT2D eigenvalue weighted by Gasteiger charge is 2.02. The van der Waals surface area contributed by atoms with Crippen molar-refractivity contribution in [3.05, 3.63) is 21.4 Å². The van der Waals surface area contributed by atoms with Gasteiger partial charge in [-0.3, -0.25) is 4.79 Å². The monoisotopic (exact) mass is 263 g/mol. The lowest BCUT2D eigenvalue weighted by atomic mass is 10.3. The Labute approximate surface area is 77.1 Å². The maximum atomic E-state index is 10.6. The number of hydrogen-bond acceptors (Lipinski definition) is 3. The van der Waals surface area contributed by atoms with Crippen molar-refractivity contribution in [3.63, 3.8) is 0 Å². The van der Waals surface area contributed by atoms with Gasteiger partial charge in [-0.25, -0.2) is 4.98 Å². The highest BCUT2D eigenvalue weighted by atomic mass is 127. The van der Waals surface area contributed by atoms with Gasteiger partial charge in [-0.15, -0.1) is 0 Å². The molecule has 0 unspecified atom stereocenters. The molecule has 4 nitrogen and oxygen atoms in total. The second-order valence-corrected chi connectivity index (χ2v) is 3.12. The second kappa shape index (κ2) is 3.04. The zero-order valence-corrected chi connectivity index (χ0v) is 7.70. The zero-order chi connectivity index (χ0) is 8.43. The Morgan fingerprint density at radius 2 is 2.27 bits per heavy atom. The first-order valence-electron chi connectivity index (χ1n) is 2.82. The molecule has 11 heavy (non-hydrogen) atoms. The molecule has 5 heteroatoms. The average Bonchev–Trinajstić information content (AvgIpc) is 1.94. The molecule has 1 rings (SSSR count). The summed E-state index contributed by atoms with van der Waals surface area (Å²) in [5, 5.41) is 0. The number of anilines is 1. The van der Waals surface area contributed by atoms with Gasteiger partial charge in [0.05, 0.1) is 9.13 Å². The van der Waals surface area contributed by atoms with E-state index in [-0.39, 0.29) is 0 Å².